The zero-order chi connectivity index (χ0) is 10.2. The third-order valence-electron chi connectivity index (χ3n) is 1.58. The zero-order valence-electron chi connectivity index (χ0n) is 8.16. The highest BCUT2D eigenvalue weighted by atomic mass is 79.9. The van der Waals surface area contributed by atoms with Crippen LogP contribution >= 0.6 is 15.9 Å². The molecule has 5 heteroatoms. The Morgan fingerprint density at radius 1 is 1.50 bits per heavy atom. The Bertz CT molecular complexity index is 270. The van der Waals surface area contributed by atoms with Crippen LogP contribution in [-0.4, -0.2) is 29.7 Å². The summed E-state index contributed by atoms with van der Waals surface area (Å²) in [5.41, 5.74) is 0. The highest BCUT2D eigenvalue weighted by molar-refractivity contribution is 9.10. The lowest BCUT2D eigenvalue weighted by Gasteiger charge is -2.06. The van der Waals surface area contributed by atoms with E-state index >= 15 is 0 Å². The number of ether oxygens (including phenoxy) is 1. The lowest BCUT2D eigenvalue weighted by atomic mass is 10.5. The number of hydrogen-bond donors (Lipinski definition) is 1. The van der Waals surface area contributed by atoms with Gasteiger partial charge in [0.25, 0.3) is 0 Å². The summed E-state index contributed by atoms with van der Waals surface area (Å²) in [6.07, 6.45) is 4.28. The predicted octanol–water partition coefficient (Wildman–Crippen LogP) is 1.62. The fourth-order valence-electron chi connectivity index (χ4n) is 0.929. The van der Waals surface area contributed by atoms with Crippen LogP contribution in [0.1, 0.15) is 13.3 Å². The maximum atomic E-state index is 5.42. The van der Waals surface area contributed by atoms with Crippen LogP contribution in [0.2, 0.25) is 0 Å². The summed E-state index contributed by atoms with van der Waals surface area (Å²) in [6, 6.07) is 0. The largest absolute Gasteiger partial charge is 0.475 e. The minimum Gasteiger partial charge on any atom is -0.475 e. The van der Waals surface area contributed by atoms with Gasteiger partial charge in [0.05, 0.1) is 4.47 Å². The van der Waals surface area contributed by atoms with E-state index in [2.05, 4.69) is 38.1 Å². The second-order valence-electron chi connectivity index (χ2n) is 2.77. The highest BCUT2D eigenvalue weighted by Gasteiger charge is 2.00. The van der Waals surface area contributed by atoms with E-state index in [1.165, 1.54) is 6.33 Å². The molecule has 0 aliphatic heterocycles. The monoisotopic (exact) mass is 259 g/mol. The molecule has 0 aliphatic carbocycles. The van der Waals surface area contributed by atoms with Gasteiger partial charge in [0, 0.05) is 12.7 Å². The van der Waals surface area contributed by atoms with Crippen molar-refractivity contribution in [2.75, 3.05) is 19.7 Å². The molecule has 0 radical (unpaired) electrons. The van der Waals surface area contributed by atoms with Gasteiger partial charge < -0.3 is 10.1 Å². The maximum absolute atomic E-state index is 5.42. The van der Waals surface area contributed by atoms with Gasteiger partial charge in [-0.1, -0.05) is 6.92 Å². The summed E-state index contributed by atoms with van der Waals surface area (Å²) in [4.78, 5) is 7.84. The summed E-state index contributed by atoms with van der Waals surface area (Å²) >= 11 is 3.31. The van der Waals surface area contributed by atoms with Gasteiger partial charge in [-0.3, -0.25) is 0 Å². The molecule has 1 heterocycles. The number of aromatic nitrogens is 2. The molecule has 1 N–H and O–H groups in total. The topological polar surface area (TPSA) is 47.0 Å². The van der Waals surface area contributed by atoms with Gasteiger partial charge in [0.1, 0.15) is 12.9 Å². The summed E-state index contributed by atoms with van der Waals surface area (Å²) < 4.78 is 6.21. The van der Waals surface area contributed by atoms with Crippen LogP contribution in [0.3, 0.4) is 0 Å². The molecule has 1 aromatic heterocycles. The molecule has 1 rings (SSSR count). The zero-order valence-corrected chi connectivity index (χ0v) is 9.75. The van der Waals surface area contributed by atoms with Crippen LogP contribution in [0, 0.1) is 0 Å². The molecule has 0 bridgehead atoms. The number of hydrogen-bond acceptors (Lipinski definition) is 4. The smallest absolute Gasteiger partial charge is 0.231 e. The third-order valence-corrected chi connectivity index (χ3v) is 2.12. The quantitative estimate of drug-likeness (QED) is 0.789. The highest BCUT2D eigenvalue weighted by Crippen LogP contribution is 2.18. The molecule has 0 aliphatic rings. The van der Waals surface area contributed by atoms with Crippen LogP contribution in [0.5, 0.6) is 5.88 Å². The van der Waals surface area contributed by atoms with E-state index in [4.69, 9.17) is 4.74 Å². The first-order valence-corrected chi connectivity index (χ1v) is 5.43. The molecule has 0 atom stereocenters. The second kappa shape index (κ2) is 6.73. The van der Waals surface area contributed by atoms with Gasteiger partial charge in [-0.05, 0) is 28.9 Å². The Labute approximate surface area is 92.2 Å². The van der Waals surface area contributed by atoms with Crippen molar-refractivity contribution in [2.45, 2.75) is 13.3 Å². The average molecular weight is 260 g/mol. The average Bonchev–Trinajstić information content (AvgIpc) is 2.20. The van der Waals surface area contributed by atoms with Crippen molar-refractivity contribution < 1.29 is 4.74 Å². The molecule has 0 unspecified atom stereocenters. The Kier molecular flexibility index (Phi) is 5.47. The van der Waals surface area contributed by atoms with Crippen LogP contribution in [-0.2, 0) is 0 Å². The Morgan fingerprint density at radius 2 is 2.36 bits per heavy atom. The number of rotatable bonds is 6. The Morgan fingerprint density at radius 3 is 3.07 bits per heavy atom. The fraction of sp³-hybridized carbons (Fsp3) is 0.556. The Balaban J connectivity index is 2.21. The molecule has 0 spiro atoms. The predicted molar refractivity (Wildman–Crippen MR) is 58.4 cm³/mol. The van der Waals surface area contributed by atoms with E-state index in [1.54, 1.807) is 6.20 Å². The first-order chi connectivity index (χ1) is 6.84. The molecule has 0 fully saturated rings. The van der Waals surface area contributed by atoms with Crippen molar-refractivity contribution in [1.29, 1.82) is 0 Å². The van der Waals surface area contributed by atoms with E-state index in [0.717, 1.165) is 24.0 Å². The number of nitrogens with one attached hydrogen (secondary N) is 1. The van der Waals surface area contributed by atoms with Crippen molar-refractivity contribution >= 4 is 15.9 Å². The first kappa shape index (κ1) is 11.4. The molecule has 1 aromatic rings. The van der Waals surface area contributed by atoms with Crippen LogP contribution in [0.4, 0.5) is 0 Å². The van der Waals surface area contributed by atoms with E-state index in [1.807, 2.05) is 0 Å². The maximum Gasteiger partial charge on any atom is 0.231 e. The van der Waals surface area contributed by atoms with Gasteiger partial charge in [-0.2, -0.15) is 0 Å². The third kappa shape index (κ3) is 4.02. The molecule has 14 heavy (non-hydrogen) atoms. The van der Waals surface area contributed by atoms with Crippen LogP contribution in [0.25, 0.3) is 0 Å². The van der Waals surface area contributed by atoms with Gasteiger partial charge in [-0.25, -0.2) is 9.97 Å². The molecule has 0 amide bonds. The van der Waals surface area contributed by atoms with Crippen molar-refractivity contribution in [3.63, 3.8) is 0 Å². The molecule has 0 aromatic carbocycles. The van der Waals surface area contributed by atoms with Crippen molar-refractivity contribution in [2.24, 2.45) is 0 Å². The van der Waals surface area contributed by atoms with E-state index in [-0.39, 0.29) is 0 Å². The minimum absolute atomic E-state index is 0.596. The van der Waals surface area contributed by atoms with Crippen LogP contribution < -0.4 is 10.1 Å². The summed E-state index contributed by atoms with van der Waals surface area (Å²) in [5.74, 6) is 0.596. The number of nitrogens with zero attached hydrogens (tertiary/aromatic N) is 2. The molecular formula is C9H14BrN3O. The molecule has 0 saturated carbocycles. The summed E-state index contributed by atoms with van der Waals surface area (Å²) in [6.45, 7) is 4.61. The van der Waals surface area contributed by atoms with E-state index in [0.29, 0.717) is 12.5 Å². The Hall–Kier alpha value is -0.680. The number of halogens is 1. The van der Waals surface area contributed by atoms with E-state index in [9.17, 15) is 0 Å². The van der Waals surface area contributed by atoms with Crippen molar-refractivity contribution in [1.82, 2.24) is 15.3 Å². The second-order valence-corrected chi connectivity index (χ2v) is 3.63. The van der Waals surface area contributed by atoms with E-state index < -0.39 is 0 Å². The fourth-order valence-corrected chi connectivity index (χ4v) is 1.26. The standard InChI is InChI=1S/C9H14BrN3O/c1-2-3-11-4-5-14-9-8(10)6-12-7-13-9/h6-7,11H,2-5H2,1H3. The first-order valence-electron chi connectivity index (χ1n) is 4.63. The molecule has 78 valence electrons. The van der Waals surface area contributed by atoms with Gasteiger partial charge in [0.15, 0.2) is 0 Å². The van der Waals surface area contributed by atoms with Crippen molar-refractivity contribution in [3.05, 3.63) is 17.0 Å². The van der Waals surface area contributed by atoms with Gasteiger partial charge in [-0.15, -0.1) is 0 Å². The van der Waals surface area contributed by atoms with Gasteiger partial charge in [0.2, 0.25) is 5.88 Å². The SMILES string of the molecule is CCCNCCOc1ncncc1Br. The summed E-state index contributed by atoms with van der Waals surface area (Å²) in [5, 5.41) is 3.24. The summed E-state index contributed by atoms with van der Waals surface area (Å²) in [7, 11) is 0. The van der Waals surface area contributed by atoms with Crippen LogP contribution in [0.15, 0.2) is 17.0 Å². The normalized spacial score (nSPS) is 10.1. The van der Waals surface area contributed by atoms with Crippen molar-refractivity contribution in [3.8, 4) is 5.88 Å². The lowest BCUT2D eigenvalue weighted by molar-refractivity contribution is 0.300. The minimum atomic E-state index is 0.596. The molecule has 4 nitrogen and oxygen atoms in total. The lowest BCUT2D eigenvalue weighted by Crippen LogP contribution is -2.21. The van der Waals surface area contributed by atoms with Gasteiger partial charge >= 0.3 is 0 Å². The molecular weight excluding hydrogens is 246 g/mol. The molecule has 0 saturated heterocycles.